The first-order valence-corrected chi connectivity index (χ1v) is 10.6. The lowest BCUT2D eigenvalue weighted by molar-refractivity contribution is 0.0947. The predicted molar refractivity (Wildman–Crippen MR) is 104 cm³/mol. The van der Waals surface area contributed by atoms with Gasteiger partial charge in [-0.3, -0.25) is 9.78 Å². The number of carbonyl (C=O) groups excluding carboxylic acids is 2. The maximum atomic E-state index is 12.7. The van der Waals surface area contributed by atoms with Gasteiger partial charge >= 0.3 is 6.09 Å². The van der Waals surface area contributed by atoms with E-state index >= 15 is 0 Å². The van der Waals surface area contributed by atoms with Gasteiger partial charge in [0.25, 0.3) is 5.91 Å². The maximum absolute atomic E-state index is 12.7. The molecule has 9 nitrogen and oxygen atoms in total. The number of amides is 2. The lowest BCUT2D eigenvalue weighted by Gasteiger charge is -2.28. The standard InChI is InChI=1S/C19H22N4O5S/c1-2-28-19(25)23-8-7-16-14(12-23)10-21-11-17(16)18(24)22-9-13-3-5-15(6-4-13)29(20,26)27/h3-6,10-11H,2,7-9,12H2,1H3,(H,22,24)(H2,20,26,27). The van der Waals surface area contributed by atoms with Crippen LogP contribution in [-0.4, -0.2) is 43.5 Å². The van der Waals surface area contributed by atoms with E-state index in [0.717, 1.165) is 16.7 Å². The first-order valence-electron chi connectivity index (χ1n) is 9.07. The molecule has 0 saturated heterocycles. The second-order valence-corrected chi connectivity index (χ2v) is 8.13. The smallest absolute Gasteiger partial charge is 0.410 e. The van der Waals surface area contributed by atoms with E-state index in [1.165, 1.54) is 18.3 Å². The molecule has 10 heteroatoms. The van der Waals surface area contributed by atoms with E-state index in [9.17, 15) is 18.0 Å². The Labute approximate surface area is 168 Å². The van der Waals surface area contributed by atoms with Gasteiger partial charge in [0.15, 0.2) is 0 Å². The Kier molecular flexibility index (Phi) is 6.14. The Hall–Kier alpha value is -2.98. The van der Waals surface area contributed by atoms with E-state index in [1.54, 1.807) is 30.2 Å². The zero-order valence-corrected chi connectivity index (χ0v) is 16.7. The van der Waals surface area contributed by atoms with Crippen LogP contribution in [0.25, 0.3) is 0 Å². The molecule has 0 saturated carbocycles. The summed E-state index contributed by atoms with van der Waals surface area (Å²) in [5, 5.41) is 7.89. The monoisotopic (exact) mass is 418 g/mol. The first kappa shape index (κ1) is 20.7. The van der Waals surface area contributed by atoms with Crippen molar-refractivity contribution in [1.29, 1.82) is 0 Å². The highest BCUT2D eigenvalue weighted by Crippen LogP contribution is 2.22. The van der Waals surface area contributed by atoms with Gasteiger partial charge in [-0.2, -0.15) is 0 Å². The summed E-state index contributed by atoms with van der Waals surface area (Å²) in [5.74, 6) is -0.283. The number of carbonyl (C=O) groups is 2. The topological polar surface area (TPSA) is 132 Å². The summed E-state index contributed by atoms with van der Waals surface area (Å²) in [7, 11) is -3.75. The van der Waals surface area contributed by atoms with Gasteiger partial charge < -0.3 is 15.0 Å². The molecule has 0 aliphatic carbocycles. The third kappa shape index (κ3) is 4.90. The number of fused-ring (bicyclic) bond motifs is 1. The fourth-order valence-corrected chi connectivity index (χ4v) is 3.65. The molecular formula is C19H22N4O5S. The Bertz CT molecular complexity index is 1020. The van der Waals surface area contributed by atoms with Crippen molar-refractivity contribution in [2.75, 3.05) is 13.2 Å². The van der Waals surface area contributed by atoms with E-state index < -0.39 is 10.0 Å². The minimum absolute atomic E-state index is 0.0139. The molecule has 0 bridgehead atoms. The van der Waals surface area contributed by atoms with E-state index in [1.807, 2.05) is 0 Å². The van der Waals surface area contributed by atoms with Crippen molar-refractivity contribution in [2.45, 2.75) is 31.3 Å². The molecule has 3 N–H and O–H groups in total. The number of ether oxygens (including phenoxy) is 1. The normalized spacial score (nSPS) is 13.5. The Morgan fingerprint density at radius 3 is 2.62 bits per heavy atom. The van der Waals surface area contributed by atoms with E-state index in [0.29, 0.717) is 31.7 Å². The third-order valence-corrected chi connectivity index (χ3v) is 5.54. The van der Waals surface area contributed by atoms with Crippen LogP contribution < -0.4 is 10.5 Å². The molecule has 1 aliphatic rings. The van der Waals surface area contributed by atoms with Crippen LogP contribution in [0.3, 0.4) is 0 Å². The first-order chi connectivity index (χ1) is 13.8. The lowest BCUT2D eigenvalue weighted by atomic mass is 9.97. The zero-order valence-electron chi connectivity index (χ0n) is 15.9. The minimum Gasteiger partial charge on any atom is -0.450 e. The van der Waals surface area contributed by atoms with Crippen LogP contribution in [-0.2, 0) is 34.3 Å². The summed E-state index contributed by atoms with van der Waals surface area (Å²) in [4.78, 5) is 30.3. The highest BCUT2D eigenvalue weighted by atomic mass is 32.2. The van der Waals surface area contributed by atoms with Crippen LogP contribution in [0, 0.1) is 0 Å². The molecule has 0 spiro atoms. The van der Waals surface area contributed by atoms with Gasteiger partial charge in [-0.05, 0) is 42.2 Å². The Morgan fingerprint density at radius 2 is 1.97 bits per heavy atom. The van der Waals surface area contributed by atoms with Gasteiger partial charge in [-0.25, -0.2) is 18.4 Å². The molecule has 154 valence electrons. The van der Waals surface area contributed by atoms with Crippen molar-refractivity contribution in [2.24, 2.45) is 5.14 Å². The number of hydrogen-bond donors (Lipinski definition) is 2. The average Bonchev–Trinajstić information content (AvgIpc) is 2.71. The third-order valence-electron chi connectivity index (χ3n) is 4.62. The van der Waals surface area contributed by atoms with Crippen molar-refractivity contribution in [3.8, 4) is 0 Å². The molecule has 0 unspecified atom stereocenters. The van der Waals surface area contributed by atoms with Gasteiger partial charge in [0, 0.05) is 25.5 Å². The van der Waals surface area contributed by atoms with Gasteiger partial charge in [0.1, 0.15) is 0 Å². The fraction of sp³-hybridized carbons (Fsp3) is 0.316. The lowest BCUT2D eigenvalue weighted by Crippen LogP contribution is -2.37. The van der Waals surface area contributed by atoms with Gasteiger partial charge in [-0.15, -0.1) is 0 Å². The summed E-state index contributed by atoms with van der Waals surface area (Å²) < 4.78 is 27.6. The molecule has 29 heavy (non-hydrogen) atoms. The van der Waals surface area contributed by atoms with Gasteiger partial charge in [0.2, 0.25) is 10.0 Å². The molecule has 0 fully saturated rings. The molecular weight excluding hydrogens is 396 g/mol. The maximum Gasteiger partial charge on any atom is 0.410 e. The summed E-state index contributed by atoms with van der Waals surface area (Å²) in [6.07, 6.45) is 3.32. The number of aromatic nitrogens is 1. The van der Waals surface area contributed by atoms with Crippen LogP contribution >= 0.6 is 0 Å². The molecule has 1 aliphatic heterocycles. The SMILES string of the molecule is CCOC(=O)N1CCc2c(cncc2C(=O)NCc2ccc(S(N)(=O)=O)cc2)C1. The van der Waals surface area contributed by atoms with Crippen molar-refractivity contribution in [3.63, 3.8) is 0 Å². The van der Waals surface area contributed by atoms with Crippen molar-refractivity contribution >= 4 is 22.0 Å². The number of benzene rings is 1. The molecule has 1 aromatic heterocycles. The van der Waals surface area contributed by atoms with Crippen LogP contribution in [0.1, 0.15) is 34.0 Å². The molecule has 3 rings (SSSR count). The number of pyridine rings is 1. The number of rotatable bonds is 5. The summed E-state index contributed by atoms with van der Waals surface area (Å²) in [5.41, 5.74) is 2.88. The summed E-state index contributed by atoms with van der Waals surface area (Å²) in [6.45, 7) is 3.09. The van der Waals surface area contributed by atoms with Crippen LogP contribution in [0.15, 0.2) is 41.6 Å². The van der Waals surface area contributed by atoms with Crippen molar-refractivity contribution in [3.05, 3.63) is 58.9 Å². The number of sulfonamides is 1. The highest BCUT2D eigenvalue weighted by molar-refractivity contribution is 7.89. The summed E-state index contributed by atoms with van der Waals surface area (Å²) >= 11 is 0. The number of primary sulfonamides is 1. The minimum atomic E-state index is -3.75. The molecule has 0 radical (unpaired) electrons. The predicted octanol–water partition coefficient (Wildman–Crippen LogP) is 1.17. The van der Waals surface area contributed by atoms with Crippen molar-refractivity contribution in [1.82, 2.24) is 15.2 Å². The van der Waals surface area contributed by atoms with Gasteiger partial charge in [-0.1, -0.05) is 12.1 Å². The largest absolute Gasteiger partial charge is 0.450 e. The Morgan fingerprint density at radius 1 is 1.24 bits per heavy atom. The number of nitrogens with zero attached hydrogens (tertiary/aromatic N) is 2. The Balaban J connectivity index is 1.68. The molecule has 2 aromatic rings. The van der Waals surface area contributed by atoms with Crippen molar-refractivity contribution < 1.29 is 22.7 Å². The summed E-state index contributed by atoms with van der Waals surface area (Å²) in [6, 6.07) is 5.98. The second kappa shape index (κ2) is 8.58. The quantitative estimate of drug-likeness (QED) is 0.749. The van der Waals surface area contributed by atoms with Crippen LogP contribution in [0.4, 0.5) is 4.79 Å². The fourth-order valence-electron chi connectivity index (χ4n) is 3.13. The van der Waals surface area contributed by atoms with E-state index in [-0.39, 0.29) is 23.4 Å². The molecule has 0 atom stereocenters. The molecule has 2 heterocycles. The van der Waals surface area contributed by atoms with Gasteiger partial charge in [0.05, 0.1) is 23.6 Å². The van der Waals surface area contributed by atoms with Crippen LogP contribution in [0.2, 0.25) is 0 Å². The zero-order chi connectivity index (χ0) is 21.0. The number of nitrogens with one attached hydrogen (secondary N) is 1. The van der Waals surface area contributed by atoms with Crippen LogP contribution in [0.5, 0.6) is 0 Å². The second-order valence-electron chi connectivity index (χ2n) is 6.57. The average molecular weight is 418 g/mol. The van der Waals surface area contributed by atoms with E-state index in [2.05, 4.69) is 10.3 Å². The molecule has 2 amide bonds. The number of hydrogen-bond acceptors (Lipinski definition) is 6. The number of nitrogens with two attached hydrogens (primary N) is 1. The van der Waals surface area contributed by atoms with E-state index in [4.69, 9.17) is 9.88 Å². The highest BCUT2D eigenvalue weighted by Gasteiger charge is 2.25. The molecule has 1 aromatic carbocycles.